The van der Waals surface area contributed by atoms with E-state index in [1.165, 1.54) is 0 Å². The maximum atomic E-state index is 12.4. The van der Waals surface area contributed by atoms with Crippen molar-refractivity contribution < 1.29 is 9.53 Å². The van der Waals surface area contributed by atoms with Gasteiger partial charge in [0, 0.05) is 18.6 Å². The Bertz CT molecular complexity index is 555. The zero-order valence-electron chi connectivity index (χ0n) is 13.1. The first-order chi connectivity index (χ1) is 10.4. The molecule has 1 amide bonds. The van der Waals surface area contributed by atoms with E-state index in [1.807, 2.05) is 39.0 Å². The van der Waals surface area contributed by atoms with Gasteiger partial charge in [-0.3, -0.25) is 19.9 Å². The monoisotopic (exact) mass is 300 g/mol. The Labute approximate surface area is 130 Å². The van der Waals surface area contributed by atoms with Crippen LogP contribution in [0.2, 0.25) is 0 Å². The van der Waals surface area contributed by atoms with Crippen molar-refractivity contribution in [3.05, 3.63) is 54.4 Å². The van der Waals surface area contributed by atoms with Gasteiger partial charge in [0.25, 0.3) is 0 Å². The second-order valence-corrected chi connectivity index (χ2v) is 5.85. The van der Waals surface area contributed by atoms with Crippen LogP contribution in [0.5, 0.6) is 0 Å². The summed E-state index contributed by atoms with van der Waals surface area (Å²) in [6.45, 7) is 6.19. The van der Waals surface area contributed by atoms with Crippen LogP contribution in [-0.4, -0.2) is 31.5 Å². The molecule has 0 aliphatic rings. The second kappa shape index (κ2) is 6.98. The van der Waals surface area contributed by atoms with Crippen molar-refractivity contribution in [3.63, 3.8) is 0 Å². The van der Waals surface area contributed by atoms with E-state index in [4.69, 9.17) is 4.74 Å². The molecular weight excluding hydrogens is 280 g/mol. The number of rotatable bonds is 4. The lowest BCUT2D eigenvalue weighted by Crippen LogP contribution is -2.36. The molecule has 2 heterocycles. The third-order valence-electron chi connectivity index (χ3n) is 2.70. The average molecular weight is 300 g/mol. The minimum Gasteiger partial charge on any atom is -0.444 e. The van der Waals surface area contributed by atoms with Gasteiger partial charge >= 0.3 is 6.09 Å². The summed E-state index contributed by atoms with van der Waals surface area (Å²) in [5.74, 6) is 0. The molecule has 0 fully saturated rings. The molecule has 0 saturated heterocycles. The number of ether oxygens (including phenoxy) is 1. The predicted octanol–water partition coefficient (Wildman–Crippen LogP) is 2.81. The summed E-state index contributed by atoms with van der Waals surface area (Å²) in [5, 5.41) is 0. The van der Waals surface area contributed by atoms with E-state index in [9.17, 15) is 4.79 Å². The molecule has 2 aromatic heterocycles. The van der Waals surface area contributed by atoms with Crippen molar-refractivity contribution in [1.82, 2.24) is 19.9 Å². The molecule has 0 unspecified atom stereocenters. The molecule has 0 atom stereocenters. The first kappa shape index (κ1) is 15.9. The Hall–Kier alpha value is -2.50. The predicted molar refractivity (Wildman–Crippen MR) is 81.8 cm³/mol. The summed E-state index contributed by atoms with van der Waals surface area (Å²) in [7, 11) is 0. The summed E-state index contributed by atoms with van der Waals surface area (Å²) in [6.07, 6.45) is 6.13. The van der Waals surface area contributed by atoms with Gasteiger partial charge in [-0.05, 0) is 32.9 Å². The van der Waals surface area contributed by atoms with Crippen LogP contribution in [0.3, 0.4) is 0 Å². The second-order valence-electron chi connectivity index (χ2n) is 5.85. The highest BCUT2D eigenvalue weighted by atomic mass is 16.6. The van der Waals surface area contributed by atoms with Crippen molar-refractivity contribution in [1.29, 1.82) is 0 Å². The van der Waals surface area contributed by atoms with Gasteiger partial charge in [-0.1, -0.05) is 6.07 Å². The minimum absolute atomic E-state index is 0.319. The lowest BCUT2D eigenvalue weighted by molar-refractivity contribution is 0.0211. The van der Waals surface area contributed by atoms with Gasteiger partial charge in [-0.25, -0.2) is 4.79 Å². The number of pyridine rings is 1. The van der Waals surface area contributed by atoms with E-state index in [1.54, 1.807) is 29.7 Å². The Morgan fingerprint density at radius 2 is 1.82 bits per heavy atom. The highest BCUT2D eigenvalue weighted by Gasteiger charge is 2.23. The van der Waals surface area contributed by atoms with Gasteiger partial charge in [-0.2, -0.15) is 0 Å². The molecule has 6 heteroatoms. The molecule has 6 nitrogen and oxygen atoms in total. The van der Waals surface area contributed by atoms with Gasteiger partial charge in [0.2, 0.25) is 0 Å². The average Bonchev–Trinajstić information content (AvgIpc) is 2.47. The normalized spacial score (nSPS) is 11.0. The van der Waals surface area contributed by atoms with Crippen molar-refractivity contribution in [2.75, 3.05) is 0 Å². The van der Waals surface area contributed by atoms with Crippen LogP contribution in [0.15, 0.2) is 43.0 Å². The molecule has 0 N–H and O–H groups in total. The Kier molecular flexibility index (Phi) is 5.04. The minimum atomic E-state index is -0.554. The highest BCUT2D eigenvalue weighted by Crippen LogP contribution is 2.14. The standard InChI is InChI=1S/C16H20N4O2/c1-16(2,3)22-15(21)20(11-13-6-4-5-7-18-13)12-14-10-17-8-9-19-14/h4-10H,11-12H2,1-3H3. The molecule has 22 heavy (non-hydrogen) atoms. The number of amides is 1. The summed E-state index contributed by atoms with van der Waals surface area (Å²) in [4.78, 5) is 26.4. The van der Waals surface area contributed by atoms with Gasteiger partial charge in [-0.15, -0.1) is 0 Å². The third-order valence-corrected chi connectivity index (χ3v) is 2.70. The molecule has 0 aliphatic carbocycles. The van der Waals surface area contributed by atoms with E-state index < -0.39 is 11.7 Å². The molecule has 0 radical (unpaired) electrons. The smallest absolute Gasteiger partial charge is 0.410 e. The van der Waals surface area contributed by atoms with Crippen molar-refractivity contribution >= 4 is 6.09 Å². The number of hydrogen-bond donors (Lipinski definition) is 0. The molecular formula is C16H20N4O2. The lowest BCUT2D eigenvalue weighted by Gasteiger charge is -2.27. The maximum Gasteiger partial charge on any atom is 0.410 e. The molecule has 0 aromatic carbocycles. The Morgan fingerprint density at radius 3 is 2.41 bits per heavy atom. The zero-order valence-corrected chi connectivity index (χ0v) is 13.1. The van der Waals surface area contributed by atoms with Crippen LogP contribution in [0.25, 0.3) is 0 Å². The summed E-state index contributed by atoms with van der Waals surface area (Å²) >= 11 is 0. The van der Waals surface area contributed by atoms with Gasteiger partial charge in [0.1, 0.15) is 5.60 Å². The first-order valence-electron chi connectivity index (χ1n) is 7.07. The fourth-order valence-corrected chi connectivity index (χ4v) is 1.81. The topological polar surface area (TPSA) is 68.2 Å². The molecule has 0 saturated carbocycles. The van der Waals surface area contributed by atoms with E-state index in [2.05, 4.69) is 15.0 Å². The van der Waals surface area contributed by atoms with Crippen LogP contribution >= 0.6 is 0 Å². The van der Waals surface area contributed by atoms with Gasteiger partial charge in [0.15, 0.2) is 0 Å². The number of aromatic nitrogens is 3. The third kappa shape index (κ3) is 5.12. The van der Waals surface area contributed by atoms with E-state index >= 15 is 0 Å². The fraction of sp³-hybridized carbons (Fsp3) is 0.375. The first-order valence-corrected chi connectivity index (χ1v) is 7.07. The Morgan fingerprint density at radius 1 is 1.09 bits per heavy atom. The summed E-state index contributed by atoms with van der Waals surface area (Å²) in [5.41, 5.74) is 0.934. The van der Waals surface area contributed by atoms with E-state index in [0.29, 0.717) is 18.8 Å². The van der Waals surface area contributed by atoms with Crippen molar-refractivity contribution in [2.45, 2.75) is 39.5 Å². The van der Waals surface area contributed by atoms with Crippen LogP contribution in [0.4, 0.5) is 4.79 Å². The molecule has 0 aliphatic heterocycles. The maximum absolute atomic E-state index is 12.4. The fourth-order valence-electron chi connectivity index (χ4n) is 1.81. The molecule has 2 rings (SSSR count). The van der Waals surface area contributed by atoms with E-state index in [-0.39, 0.29) is 0 Å². The van der Waals surface area contributed by atoms with Gasteiger partial charge < -0.3 is 4.74 Å². The van der Waals surface area contributed by atoms with Crippen molar-refractivity contribution in [2.24, 2.45) is 0 Å². The molecule has 0 bridgehead atoms. The largest absolute Gasteiger partial charge is 0.444 e. The Balaban J connectivity index is 2.14. The van der Waals surface area contributed by atoms with Crippen molar-refractivity contribution in [3.8, 4) is 0 Å². The highest BCUT2D eigenvalue weighted by molar-refractivity contribution is 5.68. The zero-order chi connectivity index (χ0) is 16.0. The SMILES string of the molecule is CC(C)(C)OC(=O)N(Cc1ccccn1)Cc1cnccn1. The summed E-state index contributed by atoms with van der Waals surface area (Å²) < 4.78 is 5.46. The molecule has 0 spiro atoms. The van der Waals surface area contributed by atoms with Crippen LogP contribution in [-0.2, 0) is 17.8 Å². The van der Waals surface area contributed by atoms with Crippen LogP contribution in [0, 0.1) is 0 Å². The molecule has 2 aromatic rings. The van der Waals surface area contributed by atoms with Crippen LogP contribution in [0.1, 0.15) is 32.2 Å². The lowest BCUT2D eigenvalue weighted by atomic mass is 10.2. The number of nitrogens with zero attached hydrogens (tertiary/aromatic N) is 4. The van der Waals surface area contributed by atoms with Gasteiger partial charge in [0.05, 0.1) is 30.7 Å². The number of hydrogen-bond acceptors (Lipinski definition) is 5. The molecule has 116 valence electrons. The number of carbonyl (C=O) groups excluding carboxylic acids is 1. The summed E-state index contributed by atoms with van der Waals surface area (Å²) in [6, 6.07) is 5.59. The quantitative estimate of drug-likeness (QED) is 0.868. The van der Waals surface area contributed by atoms with E-state index in [0.717, 1.165) is 5.69 Å². The number of carbonyl (C=O) groups is 1. The van der Waals surface area contributed by atoms with Crippen LogP contribution < -0.4 is 0 Å².